The second-order valence-corrected chi connectivity index (χ2v) is 6.15. The van der Waals surface area contributed by atoms with Gasteiger partial charge in [-0.15, -0.1) is 0 Å². The highest BCUT2D eigenvalue weighted by Gasteiger charge is 2.35. The van der Waals surface area contributed by atoms with E-state index in [1.807, 2.05) is 0 Å². The number of hydrogen-bond donors (Lipinski definition) is 1. The molecule has 2 aromatic rings. The first-order valence-electron chi connectivity index (χ1n) is 7.94. The summed E-state index contributed by atoms with van der Waals surface area (Å²) in [6, 6.07) is 5.44. The second kappa shape index (κ2) is 6.95. The monoisotopic (exact) mass is 359 g/mol. The van der Waals surface area contributed by atoms with E-state index in [1.54, 1.807) is 25.4 Å². The van der Waals surface area contributed by atoms with E-state index in [2.05, 4.69) is 10.2 Å². The van der Waals surface area contributed by atoms with Crippen molar-refractivity contribution in [2.24, 2.45) is 0 Å². The molecule has 0 unspecified atom stereocenters. The van der Waals surface area contributed by atoms with Crippen LogP contribution >= 0.6 is 0 Å². The molecule has 26 heavy (non-hydrogen) atoms. The maximum absolute atomic E-state index is 13.1. The Labute approximate surface area is 149 Å². The third-order valence-corrected chi connectivity index (χ3v) is 4.21. The fraction of sp³-hybridized carbons (Fsp3) is 0.294. The molecule has 1 aliphatic rings. The van der Waals surface area contributed by atoms with Gasteiger partial charge in [0.05, 0.1) is 11.9 Å². The molecule has 1 N–H and O–H groups in total. The van der Waals surface area contributed by atoms with Crippen LogP contribution in [0.15, 0.2) is 30.5 Å². The van der Waals surface area contributed by atoms with Crippen LogP contribution in [-0.2, 0) is 16.1 Å². The number of likely N-dealkylation sites (N-methyl/N-ethyl adjacent to an activating group) is 2. The van der Waals surface area contributed by atoms with Crippen molar-refractivity contribution in [1.29, 1.82) is 0 Å². The molecule has 0 spiro atoms. The molecule has 3 rings (SSSR count). The number of urea groups is 1. The van der Waals surface area contributed by atoms with Crippen LogP contribution in [0.25, 0.3) is 11.3 Å². The fourth-order valence-electron chi connectivity index (χ4n) is 2.72. The lowest BCUT2D eigenvalue weighted by Gasteiger charge is -2.20. The summed E-state index contributed by atoms with van der Waals surface area (Å²) in [6.45, 7) is -0.0946. The Kier molecular flexibility index (Phi) is 4.70. The zero-order valence-electron chi connectivity index (χ0n) is 14.4. The number of carbonyl (C=O) groups is 3. The quantitative estimate of drug-likeness (QED) is 0.809. The third kappa shape index (κ3) is 3.41. The lowest BCUT2D eigenvalue weighted by molar-refractivity contribution is -0.135. The van der Waals surface area contributed by atoms with Crippen molar-refractivity contribution in [3.05, 3.63) is 41.8 Å². The Morgan fingerprint density at radius 1 is 1.31 bits per heavy atom. The minimum atomic E-state index is -0.480. The highest BCUT2D eigenvalue weighted by atomic mass is 19.1. The number of H-pyrrole nitrogens is 1. The van der Waals surface area contributed by atoms with Crippen LogP contribution in [-0.4, -0.2) is 69.9 Å². The molecule has 136 valence electrons. The molecule has 0 radical (unpaired) electrons. The highest BCUT2D eigenvalue weighted by molar-refractivity contribution is 6.04. The predicted molar refractivity (Wildman–Crippen MR) is 90.2 cm³/mol. The molecule has 9 heteroatoms. The topological polar surface area (TPSA) is 89.6 Å². The number of amides is 4. The van der Waals surface area contributed by atoms with Crippen LogP contribution < -0.4 is 0 Å². The van der Waals surface area contributed by atoms with E-state index in [4.69, 9.17) is 0 Å². The number of rotatable bonds is 5. The van der Waals surface area contributed by atoms with Crippen molar-refractivity contribution < 1.29 is 18.8 Å². The van der Waals surface area contributed by atoms with Gasteiger partial charge in [0.2, 0.25) is 5.91 Å². The Morgan fingerprint density at radius 2 is 2.00 bits per heavy atom. The first kappa shape index (κ1) is 17.6. The summed E-state index contributed by atoms with van der Waals surface area (Å²) >= 11 is 0. The minimum Gasteiger partial charge on any atom is -0.340 e. The van der Waals surface area contributed by atoms with Gasteiger partial charge in [-0.05, 0) is 24.3 Å². The van der Waals surface area contributed by atoms with Gasteiger partial charge in [-0.25, -0.2) is 9.18 Å². The molecule has 4 amide bonds. The van der Waals surface area contributed by atoms with Crippen LogP contribution in [0.1, 0.15) is 5.56 Å². The van der Waals surface area contributed by atoms with Gasteiger partial charge >= 0.3 is 6.03 Å². The average molecular weight is 359 g/mol. The van der Waals surface area contributed by atoms with Crippen LogP contribution in [0.2, 0.25) is 0 Å². The molecule has 1 fully saturated rings. The fourth-order valence-corrected chi connectivity index (χ4v) is 2.72. The maximum atomic E-state index is 13.1. The number of benzene rings is 1. The molecule has 1 aromatic heterocycles. The molecule has 1 saturated heterocycles. The van der Waals surface area contributed by atoms with Gasteiger partial charge in [-0.2, -0.15) is 5.10 Å². The summed E-state index contributed by atoms with van der Waals surface area (Å²) in [4.78, 5) is 39.7. The summed E-state index contributed by atoms with van der Waals surface area (Å²) in [5, 5.41) is 6.83. The van der Waals surface area contributed by atoms with Gasteiger partial charge in [0.1, 0.15) is 18.9 Å². The Morgan fingerprint density at radius 3 is 2.62 bits per heavy atom. The van der Waals surface area contributed by atoms with Crippen LogP contribution in [0.3, 0.4) is 0 Å². The van der Waals surface area contributed by atoms with E-state index in [9.17, 15) is 18.8 Å². The molecular weight excluding hydrogens is 341 g/mol. The number of aromatic amines is 1. The van der Waals surface area contributed by atoms with E-state index in [1.165, 1.54) is 29.0 Å². The van der Waals surface area contributed by atoms with Gasteiger partial charge < -0.3 is 9.80 Å². The molecule has 0 bridgehead atoms. The number of halogens is 1. The number of hydrogen-bond acceptors (Lipinski definition) is 4. The first-order valence-corrected chi connectivity index (χ1v) is 7.94. The number of nitrogens with one attached hydrogen (secondary N) is 1. The van der Waals surface area contributed by atoms with E-state index < -0.39 is 11.9 Å². The van der Waals surface area contributed by atoms with Crippen molar-refractivity contribution in [2.75, 3.05) is 27.2 Å². The van der Waals surface area contributed by atoms with Gasteiger partial charge in [0, 0.05) is 31.8 Å². The third-order valence-electron chi connectivity index (χ3n) is 4.21. The van der Waals surface area contributed by atoms with E-state index in [0.717, 1.165) is 16.0 Å². The lowest BCUT2D eigenvalue weighted by atomic mass is 10.1. The van der Waals surface area contributed by atoms with Crippen LogP contribution in [0.5, 0.6) is 0 Å². The number of aromatic nitrogens is 2. The van der Waals surface area contributed by atoms with Crippen molar-refractivity contribution >= 4 is 17.8 Å². The Bertz CT molecular complexity index is 848. The molecule has 1 aromatic carbocycles. The van der Waals surface area contributed by atoms with Gasteiger partial charge in [0.15, 0.2) is 0 Å². The summed E-state index contributed by atoms with van der Waals surface area (Å²) in [5.41, 5.74) is 2.16. The van der Waals surface area contributed by atoms with E-state index in [-0.39, 0.29) is 31.4 Å². The number of imide groups is 1. The first-order chi connectivity index (χ1) is 12.4. The highest BCUT2D eigenvalue weighted by Crippen LogP contribution is 2.22. The number of carbonyl (C=O) groups excluding carboxylic acids is 3. The zero-order valence-corrected chi connectivity index (χ0v) is 14.4. The molecule has 1 aliphatic heterocycles. The molecule has 8 nitrogen and oxygen atoms in total. The normalized spacial score (nSPS) is 14.3. The summed E-state index contributed by atoms with van der Waals surface area (Å²) in [7, 11) is 3.09. The lowest BCUT2D eigenvalue weighted by Crippen LogP contribution is -2.41. The smallest absolute Gasteiger partial charge is 0.327 e. The standard InChI is InChI=1S/C17H18FN5O3/c1-21(14(24)10-23-15(25)9-22(2)17(23)26)8-12-7-19-20-16(12)11-3-5-13(18)6-4-11/h3-7H,8-10H2,1-2H3,(H,19,20). The van der Waals surface area contributed by atoms with Crippen molar-refractivity contribution in [1.82, 2.24) is 24.9 Å². The van der Waals surface area contributed by atoms with Crippen molar-refractivity contribution in [3.63, 3.8) is 0 Å². The molecule has 0 aliphatic carbocycles. The maximum Gasteiger partial charge on any atom is 0.327 e. The van der Waals surface area contributed by atoms with Crippen molar-refractivity contribution in [2.45, 2.75) is 6.54 Å². The average Bonchev–Trinajstić information content (AvgIpc) is 3.15. The summed E-state index contributed by atoms with van der Waals surface area (Å²) in [6.07, 6.45) is 1.59. The Hall–Kier alpha value is -3.23. The Balaban J connectivity index is 1.69. The van der Waals surface area contributed by atoms with Gasteiger partial charge in [-0.3, -0.25) is 19.6 Å². The minimum absolute atomic E-state index is 0.0216. The van der Waals surface area contributed by atoms with E-state index >= 15 is 0 Å². The largest absolute Gasteiger partial charge is 0.340 e. The van der Waals surface area contributed by atoms with Crippen LogP contribution in [0.4, 0.5) is 9.18 Å². The van der Waals surface area contributed by atoms with Gasteiger partial charge in [0.25, 0.3) is 5.91 Å². The summed E-state index contributed by atoms with van der Waals surface area (Å²) in [5.74, 6) is -1.10. The van der Waals surface area contributed by atoms with Gasteiger partial charge in [-0.1, -0.05) is 0 Å². The van der Waals surface area contributed by atoms with E-state index in [0.29, 0.717) is 5.69 Å². The van der Waals surface area contributed by atoms with Crippen molar-refractivity contribution in [3.8, 4) is 11.3 Å². The number of nitrogens with zero attached hydrogens (tertiary/aromatic N) is 4. The van der Waals surface area contributed by atoms with Crippen LogP contribution in [0, 0.1) is 5.82 Å². The molecular formula is C17H18FN5O3. The second-order valence-electron chi connectivity index (χ2n) is 6.15. The molecule has 0 saturated carbocycles. The SMILES string of the molecule is CN(Cc1cn[nH]c1-c1ccc(F)cc1)C(=O)CN1C(=O)CN(C)C1=O. The molecule has 0 atom stereocenters. The predicted octanol–water partition coefficient (Wildman–Crippen LogP) is 1.07. The zero-order chi connectivity index (χ0) is 18.8. The summed E-state index contributed by atoms with van der Waals surface area (Å²) < 4.78 is 13.1. The molecule has 2 heterocycles.